The topological polar surface area (TPSA) is 53.1 Å². The van der Waals surface area contributed by atoms with Gasteiger partial charge < -0.3 is 19.4 Å². The minimum Gasteiger partial charge on any atom is -0.497 e. The van der Waals surface area contributed by atoms with Gasteiger partial charge in [0.15, 0.2) is 0 Å². The molecular formula is C22H25N3O3. The Bertz CT molecular complexity index is 830. The van der Waals surface area contributed by atoms with Crippen molar-refractivity contribution in [2.45, 2.75) is 6.42 Å². The molecule has 2 saturated heterocycles. The molecule has 2 amide bonds. The highest BCUT2D eigenvalue weighted by molar-refractivity contribution is 6.00. The lowest BCUT2D eigenvalue weighted by molar-refractivity contribution is -0.136. The lowest BCUT2D eigenvalue weighted by atomic mass is 10.1. The molecule has 28 heavy (non-hydrogen) atoms. The van der Waals surface area contributed by atoms with Crippen LogP contribution in [0.3, 0.4) is 0 Å². The Balaban J connectivity index is 1.36. The maximum Gasteiger partial charge on any atom is 0.228 e. The van der Waals surface area contributed by atoms with E-state index < -0.39 is 0 Å². The minimum absolute atomic E-state index is 0.00596. The summed E-state index contributed by atoms with van der Waals surface area (Å²) in [6.07, 6.45) is 0.282. The van der Waals surface area contributed by atoms with Crippen LogP contribution in [0.15, 0.2) is 54.6 Å². The first-order valence-electron chi connectivity index (χ1n) is 9.69. The second-order valence-corrected chi connectivity index (χ2v) is 7.25. The van der Waals surface area contributed by atoms with Gasteiger partial charge in [-0.05, 0) is 36.4 Å². The van der Waals surface area contributed by atoms with E-state index in [2.05, 4.69) is 17.0 Å². The Labute approximate surface area is 165 Å². The van der Waals surface area contributed by atoms with Crippen molar-refractivity contribution in [2.75, 3.05) is 49.6 Å². The standard InChI is InChI=1S/C22H25N3O3/c1-28-20-9-7-19(8-10-20)25-16-17(15-21(25)26)22(27)24-13-11-23(12-14-24)18-5-3-2-4-6-18/h2-10,17H,11-16H2,1H3/t17-/m1/s1. The van der Waals surface area contributed by atoms with E-state index >= 15 is 0 Å². The molecule has 0 saturated carbocycles. The first-order chi connectivity index (χ1) is 13.7. The van der Waals surface area contributed by atoms with E-state index in [4.69, 9.17) is 4.74 Å². The van der Waals surface area contributed by atoms with E-state index in [0.717, 1.165) is 24.5 Å². The van der Waals surface area contributed by atoms with Gasteiger partial charge in [0.1, 0.15) is 5.75 Å². The molecule has 2 aliphatic heterocycles. The summed E-state index contributed by atoms with van der Waals surface area (Å²) in [6, 6.07) is 17.7. The van der Waals surface area contributed by atoms with E-state index in [1.165, 1.54) is 5.69 Å². The largest absolute Gasteiger partial charge is 0.497 e. The maximum atomic E-state index is 13.0. The lowest BCUT2D eigenvalue weighted by Gasteiger charge is -2.37. The van der Waals surface area contributed by atoms with Gasteiger partial charge in [-0.15, -0.1) is 0 Å². The molecule has 2 heterocycles. The van der Waals surface area contributed by atoms with Gasteiger partial charge in [0, 0.05) is 50.5 Å². The van der Waals surface area contributed by atoms with Gasteiger partial charge in [0.25, 0.3) is 0 Å². The maximum absolute atomic E-state index is 13.0. The van der Waals surface area contributed by atoms with Crippen LogP contribution in [0, 0.1) is 5.92 Å². The molecule has 0 bridgehead atoms. The molecule has 0 spiro atoms. The second kappa shape index (κ2) is 7.92. The zero-order valence-corrected chi connectivity index (χ0v) is 16.1. The Kier molecular flexibility index (Phi) is 5.19. The van der Waals surface area contributed by atoms with Crippen molar-refractivity contribution in [3.05, 3.63) is 54.6 Å². The van der Waals surface area contributed by atoms with Crippen LogP contribution in [0.25, 0.3) is 0 Å². The second-order valence-electron chi connectivity index (χ2n) is 7.25. The first-order valence-corrected chi connectivity index (χ1v) is 9.69. The summed E-state index contributed by atoms with van der Waals surface area (Å²) in [5, 5.41) is 0. The summed E-state index contributed by atoms with van der Waals surface area (Å²) in [5.41, 5.74) is 2.01. The van der Waals surface area contributed by atoms with E-state index in [9.17, 15) is 9.59 Å². The molecule has 2 fully saturated rings. The van der Waals surface area contributed by atoms with E-state index in [-0.39, 0.29) is 24.2 Å². The van der Waals surface area contributed by atoms with Crippen molar-refractivity contribution < 1.29 is 14.3 Å². The third-order valence-electron chi connectivity index (χ3n) is 5.57. The summed E-state index contributed by atoms with van der Waals surface area (Å²) in [6.45, 7) is 3.47. The summed E-state index contributed by atoms with van der Waals surface area (Å²) in [5.74, 6) is 0.584. The quantitative estimate of drug-likeness (QED) is 0.819. The van der Waals surface area contributed by atoms with Crippen LogP contribution in [0.2, 0.25) is 0 Å². The highest BCUT2D eigenvalue weighted by Gasteiger charge is 2.37. The molecule has 0 radical (unpaired) electrons. The Morgan fingerprint density at radius 3 is 2.25 bits per heavy atom. The number of anilines is 2. The predicted octanol–water partition coefficient (Wildman–Crippen LogP) is 2.40. The van der Waals surface area contributed by atoms with E-state index in [0.29, 0.717) is 19.6 Å². The number of amides is 2. The number of piperazine rings is 1. The molecule has 1 atom stereocenters. The molecule has 2 aromatic carbocycles. The van der Waals surface area contributed by atoms with Crippen molar-refractivity contribution >= 4 is 23.2 Å². The fraction of sp³-hybridized carbons (Fsp3) is 0.364. The smallest absolute Gasteiger partial charge is 0.228 e. The zero-order chi connectivity index (χ0) is 19.5. The van der Waals surface area contributed by atoms with Gasteiger partial charge in [0.05, 0.1) is 13.0 Å². The average molecular weight is 379 g/mol. The van der Waals surface area contributed by atoms with Gasteiger partial charge >= 0.3 is 0 Å². The molecule has 0 unspecified atom stereocenters. The minimum atomic E-state index is -0.266. The number of ether oxygens (including phenoxy) is 1. The van der Waals surface area contributed by atoms with Crippen molar-refractivity contribution in [3.8, 4) is 5.75 Å². The monoisotopic (exact) mass is 379 g/mol. The molecule has 2 aliphatic rings. The van der Waals surface area contributed by atoms with Crippen LogP contribution in [0.4, 0.5) is 11.4 Å². The number of carbonyl (C=O) groups is 2. The SMILES string of the molecule is COc1ccc(N2C[C@H](C(=O)N3CCN(c4ccccc4)CC3)CC2=O)cc1. The van der Waals surface area contributed by atoms with Crippen LogP contribution < -0.4 is 14.5 Å². The summed E-state index contributed by atoms with van der Waals surface area (Å²) in [4.78, 5) is 31.4. The van der Waals surface area contributed by atoms with Crippen LogP contribution in [-0.2, 0) is 9.59 Å². The number of hydrogen-bond donors (Lipinski definition) is 0. The molecule has 146 valence electrons. The van der Waals surface area contributed by atoms with Gasteiger partial charge in [-0.2, -0.15) is 0 Å². The Hall–Kier alpha value is -3.02. The van der Waals surface area contributed by atoms with Crippen LogP contribution >= 0.6 is 0 Å². The Morgan fingerprint density at radius 1 is 0.929 bits per heavy atom. The number of rotatable bonds is 4. The number of hydrogen-bond acceptors (Lipinski definition) is 4. The summed E-state index contributed by atoms with van der Waals surface area (Å²) < 4.78 is 5.17. The highest BCUT2D eigenvalue weighted by atomic mass is 16.5. The number of carbonyl (C=O) groups excluding carboxylic acids is 2. The lowest BCUT2D eigenvalue weighted by Crippen LogP contribution is -2.50. The van der Waals surface area contributed by atoms with Crippen molar-refractivity contribution in [1.82, 2.24) is 4.90 Å². The number of para-hydroxylation sites is 1. The predicted molar refractivity (Wildman–Crippen MR) is 109 cm³/mol. The summed E-state index contributed by atoms with van der Waals surface area (Å²) in [7, 11) is 1.61. The van der Waals surface area contributed by atoms with Gasteiger partial charge in [-0.1, -0.05) is 18.2 Å². The number of methoxy groups -OCH3 is 1. The van der Waals surface area contributed by atoms with Crippen molar-refractivity contribution in [3.63, 3.8) is 0 Å². The number of benzene rings is 2. The normalized spacial score (nSPS) is 19.8. The van der Waals surface area contributed by atoms with Crippen molar-refractivity contribution in [1.29, 1.82) is 0 Å². The third-order valence-corrected chi connectivity index (χ3v) is 5.57. The zero-order valence-electron chi connectivity index (χ0n) is 16.1. The van der Waals surface area contributed by atoms with Gasteiger partial charge in [0.2, 0.25) is 11.8 Å². The molecule has 2 aromatic rings. The fourth-order valence-corrected chi connectivity index (χ4v) is 3.97. The van der Waals surface area contributed by atoms with Crippen LogP contribution in [0.5, 0.6) is 5.75 Å². The molecule has 0 aromatic heterocycles. The number of nitrogens with zero attached hydrogens (tertiary/aromatic N) is 3. The molecule has 6 heteroatoms. The third kappa shape index (κ3) is 3.67. The van der Waals surface area contributed by atoms with Crippen LogP contribution in [0.1, 0.15) is 6.42 Å². The van der Waals surface area contributed by atoms with E-state index in [1.54, 1.807) is 12.0 Å². The van der Waals surface area contributed by atoms with Crippen molar-refractivity contribution in [2.24, 2.45) is 5.92 Å². The highest BCUT2D eigenvalue weighted by Crippen LogP contribution is 2.28. The Morgan fingerprint density at radius 2 is 1.61 bits per heavy atom. The van der Waals surface area contributed by atoms with Gasteiger partial charge in [-0.25, -0.2) is 0 Å². The summed E-state index contributed by atoms with van der Waals surface area (Å²) >= 11 is 0. The molecule has 6 nitrogen and oxygen atoms in total. The fourth-order valence-electron chi connectivity index (χ4n) is 3.97. The van der Waals surface area contributed by atoms with Crippen LogP contribution in [-0.4, -0.2) is 56.5 Å². The molecular weight excluding hydrogens is 354 g/mol. The molecule has 4 rings (SSSR count). The first kappa shape index (κ1) is 18.3. The van der Waals surface area contributed by atoms with E-state index in [1.807, 2.05) is 47.4 Å². The van der Waals surface area contributed by atoms with Gasteiger partial charge in [-0.3, -0.25) is 9.59 Å². The molecule has 0 aliphatic carbocycles. The average Bonchev–Trinajstić information content (AvgIpc) is 3.15. The molecule has 0 N–H and O–H groups in total.